The third-order valence-corrected chi connectivity index (χ3v) is 2.84. The van der Waals surface area contributed by atoms with E-state index < -0.39 is 5.97 Å². The Morgan fingerprint density at radius 2 is 1.55 bits per heavy atom. The highest BCUT2D eigenvalue weighted by atomic mass is 16.6. The number of rotatable bonds is 11. The van der Waals surface area contributed by atoms with Crippen LogP contribution in [0, 0.1) is 11.8 Å². The molecule has 6 nitrogen and oxygen atoms in total. The summed E-state index contributed by atoms with van der Waals surface area (Å²) >= 11 is 0. The van der Waals surface area contributed by atoms with Gasteiger partial charge < -0.3 is 18.9 Å². The van der Waals surface area contributed by atoms with Crippen molar-refractivity contribution in [1.82, 2.24) is 0 Å². The summed E-state index contributed by atoms with van der Waals surface area (Å²) in [6, 6.07) is 0. The molecule has 0 bridgehead atoms. The minimum atomic E-state index is -0.398. The van der Waals surface area contributed by atoms with E-state index in [0.717, 1.165) is 0 Å². The molecule has 0 aliphatic carbocycles. The van der Waals surface area contributed by atoms with E-state index in [-0.39, 0.29) is 37.4 Å². The van der Waals surface area contributed by atoms with Gasteiger partial charge in [-0.1, -0.05) is 20.8 Å². The van der Waals surface area contributed by atoms with Crippen LogP contribution in [-0.4, -0.2) is 52.1 Å². The van der Waals surface area contributed by atoms with Gasteiger partial charge in [-0.25, -0.2) is 0 Å². The summed E-state index contributed by atoms with van der Waals surface area (Å²) in [5.74, 6) is -0.625. The third kappa shape index (κ3) is 9.75. The van der Waals surface area contributed by atoms with Crippen LogP contribution in [0.4, 0.5) is 0 Å². The first-order valence-electron chi connectivity index (χ1n) is 6.88. The molecule has 0 aromatic heterocycles. The number of hydrogen-bond donors (Lipinski definition) is 0. The zero-order valence-electron chi connectivity index (χ0n) is 12.8. The van der Waals surface area contributed by atoms with Gasteiger partial charge in [0.1, 0.15) is 13.2 Å². The molecule has 0 spiro atoms. The van der Waals surface area contributed by atoms with Gasteiger partial charge in [-0.2, -0.15) is 0 Å². The van der Waals surface area contributed by atoms with Gasteiger partial charge in [0.05, 0.1) is 32.2 Å². The highest BCUT2D eigenvalue weighted by Crippen LogP contribution is 2.11. The summed E-state index contributed by atoms with van der Waals surface area (Å²) in [7, 11) is 1.59. The highest BCUT2D eigenvalue weighted by Gasteiger charge is 2.18. The molecule has 0 rings (SSSR count). The highest BCUT2D eigenvalue weighted by molar-refractivity contribution is 5.73. The largest absolute Gasteiger partial charge is 0.465 e. The fraction of sp³-hybridized carbons (Fsp3) is 0.857. The minimum absolute atomic E-state index is 0.0548. The number of carbonyl (C=O) groups excluding carboxylic acids is 2. The van der Waals surface area contributed by atoms with Crippen molar-refractivity contribution in [3.8, 4) is 0 Å². The molecule has 0 saturated carbocycles. The van der Waals surface area contributed by atoms with Gasteiger partial charge >= 0.3 is 11.9 Å². The second-order valence-electron chi connectivity index (χ2n) is 4.78. The first-order chi connectivity index (χ1) is 9.49. The molecule has 0 aromatic carbocycles. The Kier molecular flexibility index (Phi) is 11.0. The Balaban J connectivity index is 3.52. The van der Waals surface area contributed by atoms with Crippen LogP contribution >= 0.6 is 0 Å². The lowest BCUT2D eigenvalue weighted by Crippen LogP contribution is -2.21. The Labute approximate surface area is 120 Å². The third-order valence-electron chi connectivity index (χ3n) is 2.84. The van der Waals surface area contributed by atoms with Gasteiger partial charge in [-0.05, 0) is 5.92 Å². The lowest BCUT2D eigenvalue weighted by Gasteiger charge is -2.14. The number of esters is 2. The second kappa shape index (κ2) is 11.7. The number of ether oxygens (including phenoxy) is 4. The molecule has 0 aromatic rings. The maximum atomic E-state index is 11.5. The predicted octanol–water partition coefficient (Wildman–Crippen LogP) is 1.42. The number of methoxy groups -OCH3 is 1. The van der Waals surface area contributed by atoms with Crippen molar-refractivity contribution in [2.75, 3.05) is 40.1 Å². The molecule has 1 atom stereocenters. The van der Waals surface area contributed by atoms with Crippen molar-refractivity contribution in [3.63, 3.8) is 0 Å². The fourth-order valence-electron chi connectivity index (χ4n) is 1.17. The topological polar surface area (TPSA) is 71.1 Å². The molecule has 6 heteroatoms. The lowest BCUT2D eigenvalue weighted by atomic mass is 9.99. The average molecular weight is 290 g/mol. The van der Waals surface area contributed by atoms with E-state index >= 15 is 0 Å². The summed E-state index contributed by atoms with van der Waals surface area (Å²) in [6.45, 7) is 7.27. The Bertz CT molecular complexity index is 277. The van der Waals surface area contributed by atoms with Crippen LogP contribution in [0.2, 0.25) is 0 Å². The van der Waals surface area contributed by atoms with Crippen molar-refractivity contribution in [2.45, 2.75) is 27.2 Å². The van der Waals surface area contributed by atoms with E-state index in [0.29, 0.717) is 19.8 Å². The van der Waals surface area contributed by atoms with Crippen molar-refractivity contribution in [1.29, 1.82) is 0 Å². The smallest absolute Gasteiger partial charge is 0.309 e. The molecule has 0 fully saturated rings. The van der Waals surface area contributed by atoms with Crippen molar-refractivity contribution >= 4 is 11.9 Å². The molecule has 1 unspecified atom stereocenters. The molecule has 0 aliphatic heterocycles. The summed E-state index contributed by atoms with van der Waals surface area (Å²) < 4.78 is 19.9. The normalized spacial score (nSPS) is 12.2. The first-order valence-corrected chi connectivity index (χ1v) is 6.88. The van der Waals surface area contributed by atoms with Crippen LogP contribution in [0.3, 0.4) is 0 Å². The van der Waals surface area contributed by atoms with E-state index in [1.807, 2.05) is 20.8 Å². The average Bonchev–Trinajstić information content (AvgIpc) is 2.41. The van der Waals surface area contributed by atoms with Crippen LogP contribution in [0.1, 0.15) is 27.2 Å². The SMILES string of the molecule is COCCOCCOC(=O)CCOC(=O)C(C)C(C)C. The minimum Gasteiger partial charge on any atom is -0.465 e. The molecule has 0 N–H and O–H groups in total. The Morgan fingerprint density at radius 3 is 2.15 bits per heavy atom. The number of hydrogen-bond acceptors (Lipinski definition) is 6. The monoisotopic (exact) mass is 290 g/mol. The summed E-state index contributed by atoms with van der Waals surface area (Å²) in [5.41, 5.74) is 0. The quantitative estimate of drug-likeness (QED) is 0.423. The molecule has 0 amide bonds. The van der Waals surface area contributed by atoms with Crippen molar-refractivity contribution < 1.29 is 28.5 Å². The second-order valence-corrected chi connectivity index (χ2v) is 4.78. The van der Waals surface area contributed by atoms with E-state index in [1.165, 1.54) is 0 Å². The summed E-state index contributed by atoms with van der Waals surface area (Å²) in [6.07, 6.45) is 0.0641. The fourth-order valence-corrected chi connectivity index (χ4v) is 1.17. The van der Waals surface area contributed by atoms with E-state index in [9.17, 15) is 9.59 Å². The van der Waals surface area contributed by atoms with Gasteiger partial charge in [0, 0.05) is 7.11 Å². The standard InChI is InChI=1S/C14H26O6/c1-11(2)12(3)14(16)20-6-5-13(15)19-10-9-18-8-7-17-4/h11-12H,5-10H2,1-4H3. The van der Waals surface area contributed by atoms with Crippen LogP contribution in [0.5, 0.6) is 0 Å². The molecule has 0 saturated heterocycles. The van der Waals surface area contributed by atoms with Gasteiger partial charge in [-0.3, -0.25) is 9.59 Å². The van der Waals surface area contributed by atoms with Gasteiger partial charge in [0.25, 0.3) is 0 Å². The van der Waals surface area contributed by atoms with E-state index in [4.69, 9.17) is 18.9 Å². The van der Waals surface area contributed by atoms with Crippen molar-refractivity contribution in [2.24, 2.45) is 11.8 Å². The summed E-state index contributed by atoms with van der Waals surface area (Å²) in [5, 5.41) is 0. The zero-order valence-corrected chi connectivity index (χ0v) is 12.8. The van der Waals surface area contributed by atoms with E-state index in [1.54, 1.807) is 7.11 Å². The Hall–Kier alpha value is -1.14. The molecule has 0 heterocycles. The zero-order chi connectivity index (χ0) is 15.4. The maximum Gasteiger partial charge on any atom is 0.309 e. The molecular formula is C14H26O6. The molecular weight excluding hydrogens is 264 g/mol. The lowest BCUT2D eigenvalue weighted by molar-refractivity contribution is -0.153. The molecule has 20 heavy (non-hydrogen) atoms. The summed E-state index contributed by atoms with van der Waals surface area (Å²) in [4.78, 5) is 22.8. The van der Waals surface area contributed by atoms with Gasteiger partial charge in [0.15, 0.2) is 0 Å². The van der Waals surface area contributed by atoms with Gasteiger partial charge in [-0.15, -0.1) is 0 Å². The molecule has 0 radical (unpaired) electrons. The van der Waals surface area contributed by atoms with Crippen LogP contribution < -0.4 is 0 Å². The first kappa shape index (κ1) is 18.9. The van der Waals surface area contributed by atoms with Crippen molar-refractivity contribution in [3.05, 3.63) is 0 Å². The van der Waals surface area contributed by atoms with Crippen LogP contribution in [-0.2, 0) is 28.5 Å². The maximum absolute atomic E-state index is 11.5. The van der Waals surface area contributed by atoms with E-state index in [2.05, 4.69) is 0 Å². The van der Waals surface area contributed by atoms with Crippen LogP contribution in [0.15, 0.2) is 0 Å². The Morgan fingerprint density at radius 1 is 0.900 bits per heavy atom. The van der Waals surface area contributed by atoms with Crippen LogP contribution in [0.25, 0.3) is 0 Å². The molecule has 0 aliphatic rings. The van der Waals surface area contributed by atoms with Gasteiger partial charge in [0.2, 0.25) is 0 Å². The predicted molar refractivity (Wildman–Crippen MR) is 73.2 cm³/mol. The number of carbonyl (C=O) groups is 2. The molecule has 118 valence electrons.